The van der Waals surface area contributed by atoms with Gasteiger partial charge < -0.3 is 5.11 Å². The first-order valence-corrected chi connectivity index (χ1v) is 6.59. The molecule has 1 N–H and O–H groups in total. The molecule has 0 aromatic heterocycles. The molecule has 2 rings (SSSR count). The highest BCUT2D eigenvalue weighted by atomic mass is 79.9. The molecule has 0 fully saturated rings. The molecule has 0 amide bonds. The van der Waals surface area contributed by atoms with Crippen LogP contribution in [-0.2, 0) is 12.0 Å². The van der Waals surface area contributed by atoms with E-state index in [1.165, 1.54) is 24.3 Å². The van der Waals surface area contributed by atoms with Crippen molar-refractivity contribution in [3.63, 3.8) is 0 Å². The normalized spacial score (nSPS) is 14.2. The van der Waals surface area contributed by atoms with Crippen molar-refractivity contribution >= 4 is 15.9 Å². The minimum atomic E-state index is -1.25. The molecule has 100 valence electrons. The van der Waals surface area contributed by atoms with E-state index in [0.717, 1.165) is 0 Å². The molecule has 2 aromatic rings. The molecule has 0 aliphatic carbocycles. The lowest BCUT2D eigenvalue weighted by molar-refractivity contribution is 0.0572. The highest BCUT2D eigenvalue weighted by molar-refractivity contribution is 9.10. The van der Waals surface area contributed by atoms with Gasteiger partial charge in [0.1, 0.15) is 11.6 Å². The van der Waals surface area contributed by atoms with Gasteiger partial charge in [0, 0.05) is 10.9 Å². The third-order valence-electron chi connectivity index (χ3n) is 2.92. The van der Waals surface area contributed by atoms with Crippen LogP contribution in [0.25, 0.3) is 0 Å². The van der Waals surface area contributed by atoms with E-state index in [0.29, 0.717) is 15.6 Å². The largest absolute Gasteiger partial charge is 0.385 e. The number of hydrogen-bond donors (Lipinski definition) is 1. The van der Waals surface area contributed by atoms with E-state index in [1.807, 2.05) is 0 Å². The maximum Gasteiger partial charge on any atom is 0.124 e. The van der Waals surface area contributed by atoms with Gasteiger partial charge in [-0.1, -0.05) is 28.1 Å². The van der Waals surface area contributed by atoms with Crippen molar-refractivity contribution in [2.24, 2.45) is 0 Å². The summed E-state index contributed by atoms with van der Waals surface area (Å²) in [6, 6.07) is 10.2. The second kappa shape index (κ2) is 5.39. The minimum Gasteiger partial charge on any atom is -0.385 e. The van der Waals surface area contributed by atoms with Gasteiger partial charge in [0.25, 0.3) is 0 Å². The number of hydrogen-bond acceptors (Lipinski definition) is 1. The van der Waals surface area contributed by atoms with Gasteiger partial charge in [-0.05, 0) is 48.4 Å². The SMILES string of the molecule is CC(O)(Cc1cc(F)cc(Br)c1)c1cccc(F)c1. The molecule has 0 heterocycles. The highest BCUT2D eigenvalue weighted by Crippen LogP contribution is 2.27. The number of halogens is 3. The molecule has 4 heteroatoms. The molecular weight excluding hydrogens is 314 g/mol. The maximum atomic E-state index is 13.3. The predicted octanol–water partition coefficient (Wildman–Crippen LogP) is 4.18. The van der Waals surface area contributed by atoms with Crippen LogP contribution in [-0.4, -0.2) is 5.11 Å². The summed E-state index contributed by atoms with van der Waals surface area (Å²) < 4.78 is 27.1. The van der Waals surface area contributed by atoms with E-state index in [2.05, 4.69) is 15.9 Å². The lowest BCUT2D eigenvalue weighted by atomic mass is 9.89. The summed E-state index contributed by atoms with van der Waals surface area (Å²) in [6.45, 7) is 1.58. The zero-order valence-electron chi connectivity index (χ0n) is 10.3. The standard InChI is InChI=1S/C15H13BrF2O/c1-15(19,11-3-2-4-13(17)7-11)9-10-5-12(16)8-14(18)6-10/h2-8,19H,9H2,1H3. The third-order valence-corrected chi connectivity index (χ3v) is 3.38. The van der Waals surface area contributed by atoms with Crippen molar-refractivity contribution in [3.05, 3.63) is 69.7 Å². The molecule has 0 aliphatic rings. The zero-order valence-corrected chi connectivity index (χ0v) is 11.9. The fraction of sp³-hybridized carbons (Fsp3) is 0.200. The Labute approximate surface area is 119 Å². The Hall–Kier alpha value is -1.26. The molecule has 0 spiro atoms. The quantitative estimate of drug-likeness (QED) is 0.897. The number of benzene rings is 2. The van der Waals surface area contributed by atoms with Gasteiger partial charge >= 0.3 is 0 Å². The smallest absolute Gasteiger partial charge is 0.124 e. The minimum absolute atomic E-state index is 0.201. The summed E-state index contributed by atoms with van der Waals surface area (Å²) in [5.41, 5.74) is -0.149. The Kier molecular flexibility index (Phi) is 4.02. The molecule has 0 saturated heterocycles. The average molecular weight is 327 g/mol. The van der Waals surface area contributed by atoms with Crippen LogP contribution in [0.2, 0.25) is 0 Å². The van der Waals surface area contributed by atoms with Crippen LogP contribution in [0, 0.1) is 11.6 Å². The Morgan fingerprint density at radius 1 is 1.11 bits per heavy atom. The lowest BCUT2D eigenvalue weighted by Crippen LogP contribution is -2.24. The first-order chi connectivity index (χ1) is 8.87. The van der Waals surface area contributed by atoms with E-state index in [9.17, 15) is 13.9 Å². The molecule has 0 radical (unpaired) electrons. The number of aliphatic hydroxyl groups is 1. The zero-order chi connectivity index (χ0) is 14.0. The van der Waals surface area contributed by atoms with Crippen molar-refractivity contribution in [3.8, 4) is 0 Å². The van der Waals surface area contributed by atoms with Gasteiger partial charge in [0.2, 0.25) is 0 Å². The van der Waals surface area contributed by atoms with Crippen LogP contribution in [0.3, 0.4) is 0 Å². The second-order valence-electron chi connectivity index (χ2n) is 4.74. The van der Waals surface area contributed by atoms with Crippen molar-refractivity contribution < 1.29 is 13.9 Å². The molecule has 19 heavy (non-hydrogen) atoms. The summed E-state index contributed by atoms with van der Waals surface area (Å²) in [5, 5.41) is 10.4. The van der Waals surface area contributed by atoms with Gasteiger partial charge in [0.15, 0.2) is 0 Å². The van der Waals surface area contributed by atoms with Crippen molar-refractivity contribution in [2.75, 3.05) is 0 Å². The summed E-state index contributed by atoms with van der Waals surface area (Å²) in [7, 11) is 0. The molecule has 2 aromatic carbocycles. The van der Waals surface area contributed by atoms with Crippen LogP contribution < -0.4 is 0 Å². The molecule has 1 unspecified atom stereocenters. The Morgan fingerprint density at radius 2 is 1.84 bits per heavy atom. The first kappa shape index (κ1) is 14.2. The van der Waals surface area contributed by atoms with Crippen molar-refractivity contribution in [1.82, 2.24) is 0 Å². The van der Waals surface area contributed by atoms with Crippen LogP contribution in [0.15, 0.2) is 46.9 Å². The Bertz CT molecular complexity index is 576. The summed E-state index contributed by atoms with van der Waals surface area (Å²) in [5.74, 6) is -0.780. The fourth-order valence-electron chi connectivity index (χ4n) is 2.04. The second-order valence-corrected chi connectivity index (χ2v) is 5.65. The maximum absolute atomic E-state index is 13.3. The monoisotopic (exact) mass is 326 g/mol. The van der Waals surface area contributed by atoms with Gasteiger partial charge in [0.05, 0.1) is 5.60 Å². The van der Waals surface area contributed by atoms with E-state index in [4.69, 9.17) is 0 Å². The summed E-state index contributed by atoms with van der Waals surface area (Å²) in [6.07, 6.45) is 0.201. The van der Waals surface area contributed by atoms with E-state index in [-0.39, 0.29) is 12.2 Å². The Balaban J connectivity index is 2.30. The summed E-state index contributed by atoms with van der Waals surface area (Å²) in [4.78, 5) is 0. The Morgan fingerprint density at radius 3 is 2.47 bits per heavy atom. The molecule has 0 saturated carbocycles. The van der Waals surface area contributed by atoms with Crippen LogP contribution in [0.1, 0.15) is 18.1 Å². The average Bonchev–Trinajstić information content (AvgIpc) is 2.26. The van der Waals surface area contributed by atoms with Gasteiger partial charge in [-0.3, -0.25) is 0 Å². The predicted molar refractivity (Wildman–Crippen MR) is 73.8 cm³/mol. The highest BCUT2D eigenvalue weighted by Gasteiger charge is 2.24. The molecule has 1 nitrogen and oxygen atoms in total. The van der Waals surface area contributed by atoms with Gasteiger partial charge in [-0.15, -0.1) is 0 Å². The van der Waals surface area contributed by atoms with E-state index >= 15 is 0 Å². The van der Waals surface area contributed by atoms with Crippen molar-refractivity contribution in [1.29, 1.82) is 0 Å². The molecular formula is C15H13BrF2O. The summed E-state index contributed by atoms with van der Waals surface area (Å²) >= 11 is 3.21. The lowest BCUT2D eigenvalue weighted by Gasteiger charge is -2.24. The van der Waals surface area contributed by atoms with Crippen LogP contribution in [0.4, 0.5) is 8.78 Å². The molecule has 0 bridgehead atoms. The topological polar surface area (TPSA) is 20.2 Å². The molecule has 1 atom stereocenters. The van der Waals surface area contributed by atoms with Gasteiger partial charge in [-0.2, -0.15) is 0 Å². The van der Waals surface area contributed by atoms with Crippen LogP contribution in [0.5, 0.6) is 0 Å². The molecule has 0 aliphatic heterocycles. The van der Waals surface area contributed by atoms with E-state index < -0.39 is 11.4 Å². The van der Waals surface area contributed by atoms with E-state index in [1.54, 1.807) is 25.1 Å². The number of rotatable bonds is 3. The first-order valence-electron chi connectivity index (χ1n) is 5.80. The fourth-order valence-corrected chi connectivity index (χ4v) is 2.55. The van der Waals surface area contributed by atoms with Crippen molar-refractivity contribution in [2.45, 2.75) is 18.9 Å². The van der Waals surface area contributed by atoms with Crippen LogP contribution >= 0.6 is 15.9 Å². The van der Waals surface area contributed by atoms with Gasteiger partial charge in [-0.25, -0.2) is 8.78 Å². The third kappa shape index (κ3) is 3.61.